The van der Waals surface area contributed by atoms with E-state index in [4.69, 9.17) is 11.6 Å². The third-order valence-electron chi connectivity index (χ3n) is 2.55. The van der Waals surface area contributed by atoms with Gasteiger partial charge in [-0.1, -0.05) is 31.5 Å². The van der Waals surface area contributed by atoms with Crippen LogP contribution in [0.2, 0.25) is 0 Å². The third kappa shape index (κ3) is 3.59. The maximum atomic E-state index is 5.63. The Kier molecular flexibility index (Phi) is 4.10. The summed E-state index contributed by atoms with van der Waals surface area (Å²) in [6.45, 7) is 7.83. The summed E-state index contributed by atoms with van der Waals surface area (Å²) in [6.07, 6.45) is 4.15. The van der Waals surface area contributed by atoms with Gasteiger partial charge >= 0.3 is 0 Å². The quantitative estimate of drug-likeness (QED) is 0.714. The van der Waals surface area contributed by atoms with Crippen LogP contribution in [0.3, 0.4) is 0 Å². The lowest BCUT2D eigenvalue weighted by Crippen LogP contribution is -2.22. The summed E-state index contributed by atoms with van der Waals surface area (Å²) in [7, 11) is 0. The van der Waals surface area contributed by atoms with Crippen LogP contribution < -0.4 is 5.32 Å². The second-order valence-corrected chi connectivity index (χ2v) is 4.47. The molecule has 0 aromatic rings. The van der Waals surface area contributed by atoms with Gasteiger partial charge in [0.2, 0.25) is 0 Å². The van der Waals surface area contributed by atoms with E-state index in [2.05, 4.69) is 18.8 Å². The molecular formula is C10H18ClN. The van der Waals surface area contributed by atoms with Gasteiger partial charge < -0.3 is 5.32 Å². The molecule has 1 nitrogen and oxygen atoms in total. The fraction of sp³-hybridized carbons (Fsp3) is 0.800. The summed E-state index contributed by atoms with van der Waals surface area (Å²) >= 11 is 5.63. The van der Waals surface area contributed by atoms with Crippen LogP contribution in [0, 0.1) is 11.8 Å². The zero-order valence-corrected chi connectivity index (χ0v) is 8.53. The predicted molar refractivity (Wildman–Crippen MR) is 54.4 cm³/mol. The Bertz CT molecular complexity index is 156. The molecule has 0 heterocycles. The summed E-state index contributed by atoms with van der Waals surface area (Å²) in [4.78, 5) is 0. The lowest BCUT2D eigenvalue weighted by molar-refractivity contribution is 0.482. The van der Waals surface area contributed by atoms with Gasteiger partial charge in [-0.05, 0) is 31.2 Å². The van der Waals surface area contributed by atoms with Crippen LogP contribution in [0.25, 0.3) is 0 Å². The van der Waals surface area contributed by atoms with Crippen molar-refractivity contribution in [2.24, 2.45) is 11.8 Å². The minimum atomic E-state index is 0.709. The van der Waals surface area contributed by atoms with E-state index in [1.165, 1.54) is 19.3 Å². The van der Waals surface area contributed by atoms with Crippen molar-refractivity contribution >= 4 is 11.6 Å². The van der Waals surface area contributed by atoms with Crippen molar-refractivity contribution in [1.29, 1.82) is 0 Å². The molecular weight excluding hydrogens is 170 g/mol. The molecule has 70 valence electrons. The highest BCUT2D eigenvalue weighted by Crippen LogP contribution is 2.29. The lowest BCUT2D eigenvalue weighted by atomic mass is 10.1. The largest absolute Gasteiger partial charge is 0.312 e. The number of rotatable bonds is 4. The van der Waals surface area contributed by atoms with Crippen LogP contribution in [0.15, 0.2) is 11.6 Å². The molecule has 2 heteroatoms. The molecule has 0 bridgehead atoms. The topological polar surface area (TPSA) is 12.0 Å². The predicted octanol–water partition coefficient (Wildman–Crippen LogP) is 2.76. The summed E-state index contributed by atoms with van der Waals surface area (Å²) in [6, 6.07) is 0. The fourth-order valence-electron chi connectivity index (χ4n) is 1.92. The van der Waals surface area contributed by atoms with Crippen molar-refractivity contribution in [3.05, 3.63) is 11.6 Å². The Hall–Kier alpha value is -0.0100. The van der Waals surface area contributed by atoms with Gasteiger partial charge in [0, 0.05) is 11.6 Å². The zero-order chi connectivity index (χ0) is 8.97. The van der Waals surface area contributed by atoms with Crippen LogP contribution in [0.5, 0.6) is 0 Å². The van der Waals surface area contributed by atoms with Crippen molar-refractivity contribution in [3.8, 4) is 0 Å². The van der Waals surface area contributed by atoms with Gasteiger partial charge in [-0.15, -0.1) is 0 Å². The number of hydrogen-bond donors (Lipinski definition) is 1. The zero-order valence-electron chi connectivity index (χ0n) is 7.78. The minimum absolute atomic E-state index is 0.709. The summed E-state index contributed by atoms with van der Waals surface area (Å²) < 4.78 is 0. The molecule has 0 radical (unpaired) electrons. The van der Waals surface area contributed by atoms with E-state index in [1.807, 2.05) is 0 Å². The molecule has 2 unspecified atom stereocenters. The van der Waals surface area contributed by atoms with Crippen LogP contribution >= 0.6 is 11.6 Å². The molecule has 0 amide bonds. The van der Waals surface area contributed by atoms with E-state index in [-0.39, 0.29) is 0 Å². The average Bonchev–Trinajstić information content (AvgIpc) is 2.35. The fourth-order valence-corrected chi connectivity index (χ4v) is 2.02. The van der Waals surface area contributed by atoms with Gasteiger partial charge in [-0.25, -0.2) is 0 Å². The molecule has 1 rings (SSSR count). The van der Waals surface area contributed by atoms with Crippen molar-refractivity contribution in [3.63, 3.8) is 0 Å². The number of halogens is 1. The maximum Gasteiger partial charge on any atom is 0.0307 e. The van der Waals surface area contributed by atoms with Gasteiger partial charge in [0.25, 0.3) is 0 Å². The second-order valence-electron chi connectivity index (χ2n) is 3.93. The van der Waals surface area contributed by atoms with Crippen LogP contribution in [-0.2, 0) is 0 Å². The Morgan fingerprint density at radius 2 is 2.33 bits per heavy atom. The summed E-state index contributed by atoms with van der Waals surface area (Å²) in [5.74, 6) is 1.80. The first-order valence-electron chi connectivity index (χ1n) is 4.72. The summed E-state index contributed by atoms with van der Waals surface area (Å²) in [5.41, 5.74) is 0. The van der Waals surface area contributed by atoms with E-state index >= 15 is 0 Å². The van der Waals surface area contributed by atoms with Crippen molar-refractivity contribution in [2.75, 3.05) is 13.1 Å². The molecule has 0 spiro atoms. The number of nitrogens with one attached hydrogen (secondary N) is 1. The van der Waals surface area contributed by atoms with E-state index in [0.29, 0.717) is 5.03 Å². The molecule has 1 aliphatic rings. The smallest absolute Gasteiger partial charge is 0.0307 e. The van der Waals surface area contributed by atoms with E-state index in [0.717, 1.165) is 24.9 Å². The highest BCUT2D eigenvalue weighted by atomic mass is 35.5. The highest BCUT2D eigenvalue weighted by Gasteiger charge is 2.20. The molecule has 1 saturated carbocycles. The van der Waals surface area contributed by atoms with E-state index in [1.54, 1.807) is 0 Å². The molecule has 0 aromatic carbocycles. The van der Waals surface area contributed by atoms with Gasteiger partial charge in [0.15, 0.2) is 0 Å². The van der Waals surface area contributed by atoms with E-state index < -0.39 is 0 Å². The van der Waals surface area contributed by atoms with Crippen LogP contribution in [0.4, 0.5) is 0 Å². The first-order valence-corrected chi connectivity index (χ1v) is 5.10. The molecule has 0 saturated heterocycles. The normalized spacial score (nSPS) is 29.2. The summed E-state index contributed by atoms with van der Waals surface area (Å²) in [5, 5.41) is 4.03. The third-order valence-corrected chi connectivity index (χ3v) is 2.69. The molecule has 1 N–H and O–H groups in total. The molecule has 0 aromatic heterocycles. The van der Waals surface area contributed by atoms with Crippen molar-refractivity contribution in [2.45, 2.75) is 26.2 Å². The Balaban J connectivity index is 2.04. The minimum Gasteiger partial charge on any atom is -0.312 e. The van der Waals surface area contributed by atoms with Crippen LogP contribution in [-0.4, -0.2) is 13.1 Å². The Labute approximate surface area is 80.2 Å². The maximum absolute atomic E-state index is 5.63. The first-order chi connectivity index (χ1) is 5.68. The van der Waals surface area contributed by atoms with Crippen molar-refractivity contribution < 1.29 is 0 Å². The molecule has 2 atom stereocenters. The molecule has 1 fully saturated rings. The average molecular weight is 188 g/mol. The molecule has 12 heavy (non-hydrogen) atoms. The standard InChI is InChI=1S/C10H18ClN/c1-8-3-4-10(5-8)7-12-6-9(2)11/h8,10,12H,2-7H2,1H3. The number of hydrogen-bond acceptors (Lipinski definition) is 1. The van der Waals surface area contributed by atoms with Gasteiger partial charge in [0.1, 0.15) is 0 Å². The van der Waals surface area contributed by atoms with Crippen molar-refractivity contribution in [1.82, 2.24) is 5.32 Å². The monoisotopic (exact) mass is 187 g/mol. The SMILES string of the molecule is C=C(Cl)CNCC1CCC(C)C1. The Morgan fingerprint density at radius 3 is 2.83 bits per heavy atom. The second kappa shape index (κ2) is 4.88. The lowest BCUT2D eigenvalue weighted by Gasteiger charge is -2.09. The van der Waals surface area contributed by atoms with E-state index in [9.17, 15) is 0 Å². The molecule has 1 aliphatic carbocycles. The Morgan fingerprint density at radius 1 is 1.58 bits per heavy atom. The van der Waals surface area contributed by atoms with Gasteiger partial charge in [-0.3, -0.25) is 0 Å². The van der Waals surface area contributed by atoms with Crippen LogP contribution in [0.1, 0.15) is 26.2 Å². The highest BCUT2D eigenvalue weighted by molar-refractivity contribution is 6.29. The van der Waals surface area contributed by atoms with Gasteiger partial charge in [-0.2, -0.15) is 0 Å². The first kappa shape index (κ1) is 10.1. The van der Waals surface area contributed by atoms with Gasteiger partial charge in [0.05, 0.1) is 0 Å². The molecule has 0 aliphatic heterocycles.